The normalized spacial score (nSPS) is 20.0. The molecule has 0 spiro atoms. The van der Waals surface area contributed by atoms with Gasteiger partial charge in [-0.3, -0.25) is 0 Å². The Balaban J connectivity index is 1.55. The van der Waals surface area contributed by atoms with Gasteiger partial charge in [-0.2, -0.15) is 4.37 Å². The average Bonchev–Trinajstić information content (AvgIpc) is 3.33. The van der Waals surface area contributed by atoms with Gasteiger partial charge in [-0.05, 0) is 18.4 Å². The van der Waals surface area contributed by atoms with Crippen molar-refractivity contribution in [2.75, 3.05) is 24.7 Å². The van der Waals surface area contributed by atoms with E-state index in [9.17, 15) is 5.11 Å². The third-order valence-electron chi connectivity index (χ3n) is 4.77. The number of nitrogens with zero attached hydrogens (tertiary/aromatic N) is 3. The lowest BCUT2D eigenvalue weighted by atomic mass is 9.94. The maximum Gasteiger partial charge on any atom is 0.205 e. The van der Waals surface area contributed by atoms with E-state index in [1.54, 1.807) is 0 Å². The van der Waals surface area contributed by atoms with Gasteiger partial charge in [-0.15, -0.1) is 0 Å². The first-order chi connectivity index (χ1) is 11.7. The van der Waals surface area contributed by atoms with Gasteiger partial charge in [-0.25, -0.2) is 4.98 Å². The van der Waals surface area contributed by atoms with Crippen molar-refractivity contribution in [2.24, 2.45) is 0 Å². The molecule has 1 saturated heterocycles. The lowest BCUT2D eigenvalue weighted by molar-refractivity contribution is -0.0579. The zero-order chi connectivity index (χ0) is 16.4. The Hall–Kier alpha value is -1.50. The molecule has 0 unspecified atom stereocenters. The molecule has 2 aromatic rings. The van der Waals surface area contributed by atoms with Gasteiger partial charge < -0.3 is 14.7 Å². The van der Waals surface area contributed by atoms with Gasteiger partial charge >= 0.3 is 0 Å². The Morgan fingerprint density at radius 2 is 1.96 bits per heavy atom. The van der Waals surface area contributed by atoms with Crippen LogP contribution in [0.25, 0.3) is 0 Å². The van der Waals surface area contributed by atoms with Gasteiger partial charge in [0.25, 0.3) is 0 Å². The third kappa shape index (κ3) is 3.77. The number of hydrogen-bond acceptors (Lipinski definition) is 6. The molecule has 0 bridgehead atoms. The Labute approximate surface area is 146 Å². The van der Waals surface area contributed by atoms with E-state index in [1.807, 2.05) is 18.2 Å². The Bertz CT molecular complexity index is 666. The fraction of sp³-hybridized carbons (Fsp3) is 0.556. The Morgan fingerprint density at radius 1 is 1.21 bits per heavy atom. The first-order valence-electron chi connectivity index (χ1n) is 8.64. The van der Waals surface area contributed by atoms with Crippen LogP contribution >= 0.6 is 11.5 Å². The highest BCUT2D eigenvalue weighted by atomic mass is 32.1. The quantitative estimate of drug-likeness (QED) is 0.872. The van der Waals surface area contributed by atoms with Gasteiger partial charge in [0.2, 0.25) is 5.13 Å². The highest BCUT2D eigenvalue weighted by Gasteiger charge is 2.34. The molecule has 0 radical (unpaired) electrons. The summed E-state index contributed by atoms with van der Waals surface area (Å²) in [5.74, 6) is 1.53. The summed E-state index contributed by atoms with van der Waals surface area (Å²) < 4.78 is 9.95. The van der Waals surface area contributed by atoms with Crippen molar-refractivity contribution < 1.29 is 9.84 Å². The van der Waals surface area contributed by atoms with Crippen LogP contribution in [0, 0.1) is 0 Å². The molecule has 1 aliphatic heterocycles. The number of aliphatic hydroxyl groups is 1. The number of ether oxygens (including phenoxy) is 1. The SMILES string of the molecule is OC1(CN(Cc2ccccc2)c2nc(C3CC3)ns2)CCOCC1. The van der Waals surface area contributed by atoms with Crippen molar-refractivity contribution >= 4 is 16.7 Å². The number of hydrogen-bond donors (Lipinski definition) is 1. The second-order valence-corrected chi connectivity index (χ2v) is 7.62. The van der Waals surface area contributed by atoms with E-state index in [0.717, 1.165) is 17.5 Å². The van der Waals surface area contributed by atoms with E-state index in [-0.39, 0.29) is 0 Å². The van der Waals surface area contributed by atoms with Crippen molar-refractivity contribution in [2.45, 2.75) is 43.7 Å². The van der Waals surface area contributed by atoms with Gasteiger partial charge in [0.15, 0.2) is 0 Å². The predicted octanol–water partition coefficient (Wildman–Crippen LogP) is 2.96. The van der Waals surface area contributed by atoms with Gasteiger partial charge in [0.1, 0.15) is 5.82 Å². The summed E-state index contributed by atoms with van der Waals surface area (Å²) in [5, 5.41) is 11.9. The maximum absolute atomic E-state index is 10.9. The summed E-state index contributed by atoms with van der Waals surface area (Å²) in [6, 6.07) is 10.3. The predicted molar refractivity (Wildman–Crippen MR) is 94.4 cm³/mol. The second-order valence-electron chi connectivity index (χ2n) is 6.89. The molecule has 1 aliphatic carbocycles. The molecule has 2 heterocycles. The second kappa shape index (κ2) is 6.78. The van der Waals surface area contributed by atoms with Crippen LogP contribution in [-0.4, -0.2) is 39.8 Å². The minimum Gasteiger partial charge on any atom is -0.388 e. The molecule has 0 atom stereocenters. The number of anilines is 1. The van der Waals surface area contributed by atoms with Gasteiger partial charge in [-0.1, -0.05) is 30.3 Å². The molecular formula is C18H23N3O2S. The lowest BCUT2D eigenvalue weighted by Gasteiger charge is -2.36. The van der Waals surface area contributed by atoms with Crippen LogP contribution in [0.15, 0.2) is 30.3 Å². The summed E-state index contributed by atoms with van der Waals surface area (Å²) in [6.07, 6.45) is 3.76. The van der Waals surface area contributed by atoms with Gasteiger partial charge in [0, 0.05) is 56.6 Å². The summed E-state index contributed by atoms with van der Waals surface area (Å²) in [4.78, 5) is 6.94. The van der Waals surface area contributed by atoms with Crippen LogP contribution in [0.2, 0.25) is 0 Å². The third-order valence-corrected chi connectivity index (χ3v) is 5.56. The number of rotatable bonds is 6. The highest BCUT2D eigenvalue weighted by molar-refractivity contribution is 7.09. The van der Waals surface area contributed by atoms with Crippen LogP contribution in [-0.2, 0) is 11.3 Å². The first-order valence-corrected chi connectivity index (χ1v) is 9.42. The van der Waals surface area contributed by atoms with E-state index >= 15 is 0 Å². The van der Waals surface area contributed by atoms with Crippen molar-refractivity contribution in [3.8, 4) is 0 Å². The Morgan fingerprint density at radius 3 is 2.67 bits per heavy atom. The molecule has 6 heteroatoms. The van der Waals surface area contributed by atoms with Crippen molar-refractivity contribution in [1.29, 1.82) is 0 Å². The molecule has 0 amide bonds. The molecule has 1 aromatic heterocycles. The van der Waals surface area contributed by atoms with Crippen LogP contribution in [0.4, 0.5) is 5.13 Å². The zero-order valence-corrected chi connectivity index (χ0v) is 14.5. The minimum atomic E-state index is -0.710. The van der Waals surface area contributed by atoms with Crippen molar-refractivity contribution in [3.63, 3.8) is 0 Å². The lowest BCUT2D eigenvalue weighted by Crippen LogP contribution is -2.46. The van der Waals surface area contributed by atoms with Crippen LogP contribution in [0.1, 0.15) is 43.0 Å². The largest absolute Gasteiger partial charge is 0.388 e. The highest BCUT2D eigenvalue weighted by Crippen LogP contribution is 2.40. The van der Waals surface area contributed by atoms with E-state index in [4.69, 9.17) is 9.72 Å². The Kier molecular flexibility index (Phi) is 4.52. The number of benzene rings is 1. The molecule has 1 aromatic carbocycles. The molecule has 24 heavy (non-hydrogen) atoms. The summed E-state index contributed by atoms with van der Waals surface area (Å²) in [6.45, 7) is 2.56. The van der Waals surface area contributed by atoms with Crippen LogP contribution in [0.3, 0.4) is 0 Å². The average molecular weight is 345 g/mol. The topological polar surface area (TPSA) is 58.5 Å². The van der Waals surface area contributed by atoms with Crippen LogP contribution in [0.5, 0.6) is 0 Å². The monoisotopic (exact) mass is 345 g/mol. The summed E-state index contributed by atoms with van der Waals surface area (Å²) in [5.41, 5.74) is 0.509. The van der Waals surface area contributed by atoms with E-state index in [1.165, 1.54) is 29.9 Å². The molecule has 2 fully saturated rings. The summed E-state index contributed by atoms with van der Waals surface area (Å²) in [7, 11) is 0. The standard InChI is InChI=1S/C18H23N3O2S/c22-18(8-10-23-11-9-18)13-21(12-14-4-2-1-3-5-14)17-19-16(20-24-17)15-6-7-15/h1-5,15,22H,6-13H2. The molecule has 5 nitrogen and oxygen atoms in total. The molecule has 1 saturated carbocycles. The fourth-order valence-electron chi connectivity index (χ4n) is 3.12. The zero-order valence-electron chi connectivity index (χ0n) is 13.7. The number of aromatic nitrogens is 2. The van der Waals surface area contributed by atoms with Crippen LogP contribution < -0.4 is 4.90 Å². The molecular weight excluding hydrogens is 322 g/mol. The van der Waals surface area contributed by atoms with Gasteiger partial charge in [0.05, 0.1) is 5.60 Å². The maximum atomic E-state index is 10.9. The van der Waals surface area contributed by atoms with E-state index in [0.29, 0.717) is 38.5 Å². The fourth-order valence-corrected chi connectivity index (χ4v) is 3.87. The summed E-state index contributed by atoms with van der Waals surface area (Å²) >= 11 is 1.45. The molecule has 4 rings (SSSR count). The smallest absolute Gasteiger partial charge is 0.205 e. The van der Waals surface area contributed by atoms with E-state index in [2.05, 4.69) is 21.4 Å². The van der Waals surface area contributed by atoms with E-state index < -0.39 is 5.60 Å². The molecule has 128 valence electrons. The molecule has 1 N–H and O–H groups in total. The van der Waals surface area contributed by atoms with Crippen molar-refractivity contribution in [3.05, 3.63) is 41.7 Å². The minimum absolute atomic E-state index is 0.555. The molecule has 2 aliphatic rings. The first kappa shape index (κ1) is 16.0. The van der Waals surface area contributed by atoms with Crippen molar-refractivity contribution in [1.82, 2.24) is 9.36 Å².